The topological polar surface area (TPSA) is 94.1 Å². The van der Waals surface area contributed by atoms with Crippen LogP contribution >= 0.6 is 0 Å². The van der Waals surface area contributed by atoms with E-state index in [1.807, 2.05) is 63.4 Å². The Bertz CT molecular complexity index is 1600. The monoisotopic (exact) mass is 565 g/mol. The number of hydrogen-bond acceptors (Lipinski definition) is 5. The summed E-state index contributed by atoms with van der Waals surface area (Å²) in [6, 6.07) is 26.2. The Morgan fingerprint density at radius 2 is 1.62 bits per heavy atom. The molecule has 218 valence electrons. The van der Waals surface area contributed by atoms with E-state index in [4.69, 9.17) is 14.6 Å². The van der Waals surface area contributed by atoms with Crippen molar-refractivity contribution < 1.29 is 14.3 Å². The van der Waals surface area contributed by atoms with Crippen LogP contribution in [0.4, 0.5) is 4.79 Å². The molecule has 8 nitrogen and oxygen atoms in total. The lowest BCUT2D eigenvalue weighted by Gasteiger charge is -2.24. The molecular formula is C34H39N5O3. The van der Waals surface area contributed by atoms with Crippen molar-refractivity contribution >= 4 is 17.0 Å². The molecule has 0 aliphatic heterocycles. The summed E-state index contributed by atoms with van der Waals surface area (Å²) in [6.45, 7) is 6.25. The van der Waals surface area contributed by atoms with E-state index in [0.717, 1.165) is 47.3 Å². The normalized spacial score (nSPS) is 12.3. The van der Waals surface area contributed by atoms with Gasteiger partial charge in [-0.2, -0.15) is 0 Å². The third-order valence-electron chi connectivity index (χ3n) is 7.22. The van der Waals surface area contributed by atoms with E-state index in [2.05, 4.69) is 62.4 Å². The van der Waals surface area contributed by atoms with Crippen molar-refractivity contribution in [3.8, 4) is 5.75 Å². The highest BCUT2D eigenvalue weighted by atomic mass is 16.6. The molecule has 0 spiro atoms. The number of alkyl carbamates (subject to hydrolysis) is 1. The van der Waals surface area contributed by atoms with E-state index in [1.54, 1.807) is 7.11 Å². The molecule has 2 N–H and O–H groups in total. The molecule has 5 rings (SSSR count). The summed E-state index contributed by atoms with van der Waals surface area (Å²) in [6.07, 6.45) is 4.40. The minimum absolute atomic E-state index is 0.451. The first kappa shape index (κ1) is 28.9. The Balaban J connectivity index is 1.48. The molecule has 0 bridgehead atoms. The molecule has 42 heavy (non-hydrogen) atoms. The number of fused-ring (bicyclic) bond motifs is 1. The second-order valence-corrected chi connectivity index (χ2v) is 11.5. The van der Waals surface area contributed by atoms with Crippen LogP contribution < -0.4 is 10.1 Å². The van der Waals surface area contributed by atoms with E-state index < -0.39 is 17.7 Å². The molecular weight excluding hydrogens is 526 g/mol. The highest BCUT2D eigenvalue weighted by molar-refractivity contribution is 5.83. The van der Waals surface area contributed by atoms with Gasteiger partial charge in [-0.1, -0.05) is 60.7 Å². The fourth-order valence-electron chi connectivity index (χ4n) is 5.15. The lowest BCUT2D eigenvalue weighted by atomic mass is 10.0. The second kappa shape index (κ2) is 12.9. The van der Waals surface area contributed by atoms with Crippen LogP contribution in [0.2, 0.25) is 0 Å². The Morgan fingerprint density at radius 3 is 2.36 bits per heavy atom. The number of H-pyrrole nitrogens is 1. The molecule has 3 aromatic carbocycles. The third kappa shape index (κ3) is 7.37. The maximum absolute atomic E-state index is 13.1. The Kier molecular flexibility index (Phi) is 8.91. The van der Waals surface area contributed by atoms with E-state index in [9.17, 15) is 4.79 Å². The number of nitrogens with zero attached hydrogens (tertiary/aromatic N) is 3. The molecule has 0 fully saturated rings. The van der Waals surface area contributed by atoms with E-state index in [-0.39, 0.29) is 0 Å². The van der Waals surface area contributed by atoms with Crippen molar-refractivity contribution in [2.45, 2.75) is 64.6 Å². The highest BCUT2D eigenvalue weighted by Gasteiger charge is 2.27. The predicted molar refractivity (Wildman–Crippen MR) is 165 cm³/mol. The largest absolute Gasteiger partial charge is 0.497 e. The van der Waals surface area contributed by atoms with Crippen molar-refractivity contribution in [3.63, 3.8) is 0 Å². The Morgan fingerprint density at radius 1 is 0.905 bits per heavy atom. The summed E-state index contributed by atoms with van der Waals surface area (Å²) in [4.78, 5) is 16.4. The number of aromatic nitrogens is 4. The fraction of sp³-hybridized carbons (Fsp3) is 0.324. The summed E-state index contributed by atoms with van der Waals surface area (Å²) in [5.41, 5.74) is 3.93. The SMILES string of the molecule is COc1ccc(CCn2c(CCc3ccccc3)nnc2[C@@H](Cc2c[nH]c3ccccc23)NC(=O)OC(C)(C)C)cc1. The first-order valence-electron chi connectivity index (χ1n) is 14.4. The molecule has 1 amide bonds. The van der Waals surface area contributed by atoms with Gasteiger partial charge in [0.2, 0.25) is 0 Å². The number of amides is 1. The van der Waals surface area contributed by atoms with Gasteiger partial charge >= 0.3 is 6.09 Å². The third-order valence-corrected chi connectivity index (χ3v) is 7.22. The number of benzene rings is 3. The molecule has 0 saturated carbocycles. The average Bonchev–Trinajstić information content (AvgIpc) is 3.58. The maximum atomic E-state index is 13.1. The second-order valence-electron chi connectivity index (χ2n) is 11.5. The van der Waals surface area contributed by atoms with Gasteiger partial charge in [0.25, 0.3) is 0 Å². The number of carbonyl (C=O) groups excluding carboxylic acids is 1. The van der Waals surface area contributed by atoms with Crippen molar-refractivity contribution in [1.82, 2.24) is 25.1 Å². The minimum atomic E-state index is -0.627. The average molecular weight is 566 g/mol. The Hall–Kier alpha value is -4.59. The van der Waals surface area contributed by atoms with Crippen LogP contribution in [0.5, 0.6) is 5.75 Å². The summed E-state index contributed by atoms with van der Waals surface area (Å²) >= 11 is 0. The summed E-state index contributed by atoms with van der Waals surface area (Å²) < 4.78 is 13.2. The van der Waals surface area contributed by atoms with Gasteiger partial charge in [-0.25, -0.2) is 4.79 Å². The zero-order valence-electron chi connectivity index (χ0n) is 24.8. The van der Waals surface area contributed by atoms with Gasteiger partial charge in [-0.15, -0.1) is 10.2 Å². The molecule has 0 radical (unpaired) electrons. The van der Waals surface area contributed by atoms with Crippen LogP contribution in [0.15, 0.2) is 85.1 Å². The van der Waals surface area contributed by atoms with Gasteiger partial charge in [0, 0.05) is 36.5 Å². The highest BCUT2D eigenvalue weighted by Crippen LogP contribution is 2.26. The van der Waals surface area contributed by atoms with Crippen molar-refractivity contribution in [2.75, 3.05) is 7.11 Å². The summed E-state index contributed by atoms with van der Waals surface area (Å²) in [7, 11) is 1.67. The van der Waals surface area contributed by atoms with Gasteiger partial charge in [0.15, 0.2) is 5.82 Å². The maximum Gasteiger partial charge on any atom is 0.408 e. The first-order chi connectivity index (χ1) is 20.3. The number of aromatic amines is 1. The van der Waals surface area contributed by atoms with E-state index in [0.29, 0.717) is 18.8 Å². The zero-order valence-corrected chi connectivity index (χ0v) is 24.8. The van der Waals surface area contributed by atoms with Crippen molar-refractivity contribution in [3.05, 3.63) is 113 Å². The van der Waals surface area contributed by atoms with Crippen LogP contribution in [0.25, 0.3) is 10.9 Å². The molecule has 0 aliphatic rings. The molecule has 2 aromatic heterocycles. The standard InChI is InChI=1S/C34H39N5O3/c1-34(2,3)42-33(40)36-30(22-26-23-35-29-13-9-8-12-28(26)29)32-38-37-31(19-16-24-10-6-5-7-11-24)39(32)21-20-25-14-17-27(41-4)18-15-25/h5-15,17-18,23,30,35H,16,19-22H2,1-4H3,(H,36,40)/t30-/m1/s1. The summed E-state index contributed by atoms with van der Waals surface area (Å²) in [5.74, 6) is 2.42. The molecule has 0 saturated heterocycles. The van der Waals surface area contributed by atoms with E-state index in [1.165, 1.54) is 11.1 Å². The minimum Gasteiger partial charge on any atom is -0.497 e. The number of hydrogen-bond donors (Lipinski definition) is 2. The first-order valence-corrected chi connectivity index (χ1v) is 14.4. The molecule has 2 heterocycles. The number of nitrogens with one attached hydrogen (secondary N) is 2. The fourth-order valence-corrected chi connectivity index (χ4v) is 5.15. The van der Waals surface area contributed by atoms with Gasteiger partial charge in [0.05, 0.1) is 13.2 Å². The van der Waals surface area contributed by atoms with E-state index >= 15 is 0 Å². The number of ether oxygens (including phenoxy) is 2. The predicted octanol–water partition coefficient (Wildman–Crippen LogP) is 6.60. The van der Waals surface area contributed by atoms with Crippen LogP contribution in [0.3, 0.4) is 0 Å². The summed E-state index contributed by atoms with van der Waals surface area (Å²) in [5, 5.41) is 13.6. The number of aryl methyl sites for hydroxylation is 3. The molecule has 8 heteroatoms. The smallest absolute Gasteiger partial charge is 0.408 e. The van der Waals surface area contributed by atoms with Crippen LogP contribution in [-0.4, -0.2) is 38.6 Å². The quantitative estimate of drug-likeness (QED) is 0.188. The van der Waals surface area contributed by atoms with Crippen molar-refractivity contribution in [1.29, 1.82) is 0 Å². The van der Waals surface area contributed by atoms with Crippen LogP contribution in [0.1, 0.15) is 55.2 Å². The molecule has 5 aromatic rings. The number of carbonyl (C=O) groups is 1. The lowest BCUT2D eigenvalue weighted by molar-refractivity contribution is 0.0500. The van der Waals surface area contributed by atoms with Crippen molar-refractivity contribution in [2.24, 2.45) is 0 Å². The zero-order chi connectivity index (χ0) is 29.5. The van der Waals surface area contributed by atoms with Crippen LogP contribution in [-0.2, 0) is 37.0 Å². The Labute approximate surface area is 247 Å². The van der Waals surface area contributed by atoms with Gasteiger partial charge < -0.3 is 24.3 Å². The number of para-hydroxylation sites is 1. The molecule has 0 aliphatic carbocycles. The van der Waals surface area contributed by atoms with Gasteiger partial charge in [0.1, 0.15) is 17.2 Å². The molecule has 1 atom stereocenters. The van der Waals surface area contributed by atoms with Gasteiger partial charge in [-0.3, -0.25) is 0 Å². The molecule has 0 unspecified atom stereocenters. The lowest BCUT2D eigenvalue weighted by Crippen LogP contribution is -2.37. The number of methoxy groups -OCH3 is 1. The van der Waals surface area contributed by atoms with Crippen LogP contribution in [0, 0.1) is 0 Å². The number of rotatable bonds is 11. The van der Waals surface area contributed by atoms with Gasteiger partial charge in [-0.05, 0) is 68.5 Å².